The van der Waals surface area contributed by atoms with Crippen LogP contribution in [0, 0.1) is 20.8 Å². The van der Waals surface area contributed by atoms with Crippen LogP contribution in [0.3, 0.4) is 0 Å². The second kappa shape index (κ2) is 9.52. The molecule has 0 saturated heterocycles. The van der Waals surface area contributed by atoms with Gasteiger partial charge in [-0.15, -0.1) is 11.8 Å². The molecule has 0 radical (unpaired) electrons. The lowest BCUT2D eigenvalue weighted by Gasteiger charge is -2.19. The van der Waals surface area contributed by atoms with Crippen molar-refractivity contribution in [2.24, 2.45) is 0 Å². The molecule has 0 aliphatic rings. The molecule has 2 aromatic carbocycles. The fraction of sp³-hybridized carbons (Fsp3) is 0.381. The van der Waals surface area contributed by atoms with Gasteiger partial charge in [0.1, 0.15) is 5.75 Å². The van der Waals surface area contributed by atoms with Gasteiger partial charge in [0.25, 0.3) is 5.91 Å². The number of carbonyl (C=O) groups is 1. The SMILES string of the molecule is CCC(Oc1cccc(C)c1C)C(=O)NCCSc1ccc(C)cc1. The van der Waals surface area contributed by atoms with Gasteiger partial charge in [0.2, 0.25) is 0 Å². The largest absolute Gasteiger partial charge is 0.480 e. The van der Waals surface area contributed by atoms with E-state index in [0.29, 0.717) is 13.0 Å². The molecule has 2 aromatic rings. The molecule has 0 aliphatic heterocycles. The van der Waals surface area contributed by atoms with Crippen molar-refractivity contribution in [3.63, 3.8) is 0 Å². The highest BCUT2D eigenvalue weighted by molar-refractivity contribution is 7.99. The highest BCUT2D eigenvalue weighted by Crippen LogP contribution is 2.22. The number of thioether (sulfide) groups is 1. The van der Waals surface area contributed by atoms with E-state index in [-0.39, 0.29) is 5.91 Å². The molecular weight excluding hydrogens is 330 g/mol. The third kappa shape index (κ3) is 5.82. The molecule has 0 aliphatic carbocycles. The Morgan fingerprint density at radius 1 is 1.12 bits per heavy atom. The number of carbonyl (C=O) groups excluding carboxylic acids is 1. The molecule has 0 saturated carbocycles. The maximum absolute atomic E-state index is 12.4. The molecule has 0 bridgehead atoms. The Morgan fingerprint density at radius 3 is 2.52 bits per heavy atom. The maximum atomic E-state index is 12.4. The number of benzene rings is 2. The van der Waals surface area contributed by atoms with Gasteiger partial charge in [-0.05, 0) is 56.5 Å². The fourth-order valence-corrected chi connectivity index (χ4v) is 3.19. The first-order chi connectivity index (χ1) is 12.0. The summed E-state index contributed by atoms with van der Waals surface area (Å²) in [6, 6.07) is 14.4. The summed E-state index contributed by atoms with van der Waals surface area (Å²) in [7, 11) is 0. The van der Waals surface area contributed by atoms with Gasteiger partial charge in [-0.1, -0.05) is 36.8 Å². The van der Waals surface area contributed by atoms with Crippen molar-refractivity contribution in [1.82, 2.24) is 5.32 Å². The predicted octanol–water partition coefficient (Wildman–Crippen LogP) is 4.68. The van der Waals surface area contributed by atoms with E-state index in [1.807, 2.05) is 39.0 Å². The van der Waals surface area contributed by atoms with Crippen LogP contribution in [0.1, 0.15) is 30.0 Å². The summed E-state index contributed by atoms with van der Waals surface area (Å²) in [5.74, 6) is 1.58. The Bertz CT molecular complexity index is 698. The van der Waals surface area contributed by atoms with Crippen LogP contribution in [-0.4, -0.2) is 24.3 Å². The quantitative estimate of drug-likeness (QED) is 0.551. The minimum atomic E-state index is -0.454. The van der Waals surface area contributed by atoms with Crippen molar-refractivity contribution >= 4 is 17.7 Å². The average Bonchev–Trinajstić information content (AvgIpc) is 2.61. The van der Waals surface area contributed by atoms with Crippen LogP contribution in [0.15, 0.2) is 47.4 Å². The smallest absolute Gasteiger partial charge is 0.261 e. The van der Waals surface area contributed by atoms with Gasteiger partial charge >= 0.3 is 0 Å². The fourth-order valence-electron chi connectivity index (χ4n) is 2.42. The van der Waals surface area contributed by atoms with Crippen LogP contribution in [0.4, 0.5) is 0 Å². The maximum Gasteiger partial charge on any atom is 0.261 e. The molecule has 0 spiro atoms. The number of nitrogens with one attached hydrogen (secondary N) is 1. The van der Waals surface area contributed by atoms with Gasteiger partial charge in [0.05, 0.1) is 0 Å². The summed E-state index contributed by atoms with van der Waals surface area (Å²) < 4.78 is 5.95. The first kappa shape index (κ1) is 19.4. The molecule has 4 heteroatoms. The number of hydrogen-bond donors (Lipinski definition) is 1. The molecule has 0 heterocycles. The number of ether oxygens (including phenoxy) is 1. The Kier molecular flexibility index (Phi) is 7.38. The first-order valence-electron chi connectivity index (χ1n) is 8.71. The highest BCUT2D eigenvalue weighted by atomic mass is 32.2. The number of aryl methyl sites for hydroxylation is 2. The van der Waals surface area contributed by atoms with Crippen molar-refractivity contribution in [3.8, 4) is 5.75 Å². The molecular formula is C21H27NO2S. The summed E-state index contributed by atoms with van der Waals surface area (Å²) in [6.07, 6.45) is 0.189. The van der Waals surface area contributed by atoms with Crippen LogP contribution in [0.2, 0.25) is 0 Å². The Labute approximate surface area is 155 Å². The van der Waals surface area contributed by atoms with Crippen LogP contribution in [0.5, 0.6) is 5.75 Å². The van der Waals surface area contributed by atoms with Crippen LogP contribution >= 0.6 is 11.8 Å². The van der Waals surface area contributed by atoms with E-state index in [0.717, 1.165) is 17.1 Å². The summed E-state index contributed by atoms with van der Waals surface area (Å²) in [5.41, 5.74) is 3.51. The molecule has 25 heavy (non-hydrogen) atoms. The van der Waals surface area contributed by atoms with E-state index >= 15 is 0 Å². The molecule has 0 fully saturated rings. The predicted molar refractivity (Wildman–Crippen MR) is 106 cm³/mol. The van der Waals surface area contributed by atoms with Crippen molar-refractivity contribution < 1.29 is 9.53 Å². The molecule has 1 N–H and O–H groups in total. The van der Waals surface area contributed by atoms with E-state index in [1.165, 1.54) is 16.0 Å². The lowest BCUT2D eigenvalue weighted by molar-refractivity contribution is -0.128. The second-order valence-corrected chi connectivity index (χ2v) is 7.33. The lowest BCUT2D eigenvalue weighted by Crippen LogP contribution is -2.39. The van der Waals surface area contributed by atoms with E-state index in [4.69, 9.17) is 4.74 Å². The minimum absolute atomic E-state index is 0.0482. The molecule has 1 atom stereocenters. The summed E-state index contributed by atoms with van der Waals surface area (Å²) >= 11 is 1.74. The van der Waals surface area contributed by atoms with E-state index < -0.39 is 6.10 Å². The average molecular weight is 358 g/mol. The molecule has 1 amide bonds. The van der Waals surface area contributed by atoms with Crippen molar-refractivity contribution in [3.05, 3.63) is 59.2 Å². The summed E-state index contributed by atoms with van der Waals surface area (Å²) in [6.45, 7) is 8.75. The zero-order valence-corrected chi connectivity index (χ0v) is 16.3. The van der Waals surface area contributed by atoms with E-state index in [1.54, 1.807) is 11.8 Å². The monoisotopic (exact) mass is 357 g/mol. The Hall–Kier alpha value is -1.94. The van der Waals surface area contributed by atoms with Crippen LogP contribution in [-0.2, 0) is 4.79 Å². The third-order valence-electron chi connectivity index (χ3n) is 4.18. The van der Waals surface area contributed by atoms with Gasteiger partial charge in [0, 0.05) is 17.2 Å². The summed E-state index contributed by atoms with van der Waals surface area (Å²) in [4.78, 5) is 13.6. The van der Waals surface area contributed by atoms with Gasteiger partial charge < -0.3 is 10.1 Å². The number of rotatable bonds is 8. The van der Waals surface area contributed by atoms with Gasteiger partial charge in [-0.3, -0.25) is 4.79 Å². The number of amides is 1. The number of hydrogen-bond acceptors (Lipinski definition) is 3. The zero-order chi connectivity index (χ0) is 18.2. The van der Waals surface area contributed by atoms with E-state index in [2.05, 4.69) is 36.5 Å². The zero-order valence-electron chi connectivity index (χ0n) is 15.5. The topological polar surface area (TPSA) is 38.3 Å². The minimum Gasteiger partial charge on any atom is -0.480 e. The summed E-state index contributed by atoms with van der Waals surface area (Å²) in [5, 5.41) is 2.98. The molecule has 3 nitrogen and oxygen atoms in total. The van der Waals surface area contributed by atoms with Crippen LogP contribution < -0.4 is 10.1 Å². The molecule has 2 rings (SSSR count). The van der Waals surface area contributed by atoms with Gasteiger partial charge in [-0.25, -0.2) is 0 Å². The van der Waals surface area contributed by atoms with Gasteiger partial charge in [-0.2, -0.15) is 0 Å². The standard InChI is InChI=1S/C21H27NO2S/c1-5-19(24-20-8-6-7-16(3)17(20)4)21(23)22-13-14-25-18-11-9-15(2)10-12-18/h6-12,19H,5,13-14H2,1-4H3,(H,22,23). The normalized spacial score (nSPS) is 11.8. The highest BCUT2D eigenvalue weighted by Gasteiger charge is 2.18. The van der Waals surface area contributed by atoms with Crippen LogP contribution in [0.25, 0.3) is 0 Å². The third-order valence-corrected chi connectivity index (χ3v) is 5.19. The second-order valence-electron chi connectivity index (χ2n) is 6.17. The Morgan fingerprint density at radius 2 is 1.84 bits per heavy atom. The van der Waals surface area contributed by atoms with Crippen molar-refractivity contribution in [1.29, 1.82) is 0 Å². The van der Waals surface area contributed by atoms with E-state index in [9.17, 15) is 4.79 Å². The molecule has 134 valence electrons. The van der Waals surface area contributed by atoms with Gasteiger partial charge in [0.15, 0.2) is 6.10 Å². The Balaban J connectivity index is 1.81. The lowest BCUT2D eigenvalue weighted by atomic mass is 10.1. The first-order valence-corrected chi connectivity index (χ1v) is 9.70. The molecule has 0 aromatic heterocycles. The van der Waals surface area contributed by atoms with Crippen molar-refractivity contribution in [2.45, 2.75) is 45.1 Å². The van der Waals surface area contributed by atoms with Crippen molar-refractivity contribution in [2.75, 3.05) is 12.3 Å². The molecule has 1 unspecified atom stereocenters.